The van der Waals surface area contributed by atoms with Crippen molar-refractivity contribution >= 4 is 17.8 Å². The average Bonchev–Trinajstić information content (AvgIpc) is 2.87. The smallest absolute Gasteiger partial charge is 0.317 e. The summed E-state index contributed by atoms with van der Waals surface area (Å²) in [7, 11) is 0. The topological polar surface area (TPSA) is 69.7 Å². The van der Waals surface area contributed by atoms with E-state index < -0.39 is 0 Å². The second-order valence-corrected chi connectivity index (χ2v) is 6.23. The number of unbranched alkanes of at least 4 members (excludes halogenated alkanes) is 2. The third-order valence-corrected chi connectivity index (χ3v) is 4.34. The van der Waals surface area contributed by atoms with E-state index in [2.05, 4.69) is 19.2 Å². The molecular formula is C19H27N3O3. The first-order chi connectivity index (χ1) is 12.1. The van der Waals surface area contributed by atoms with Crippen molar-refractivity contribution in [1.29, 1.82) is 0 Å². The van der Waals surface area contributed by atoms with Crippen molar-refractivity contribution in [3.8, 4) is 0 Å². The van der Waals surface area contributed by atoms with E-state index in [1.165, 1.54) is 4.90 Å². The highest BCUT2D eigenvalue weighted by Crippen LogP contribution is 2.21. The standard InChI is InChI=1S/C19H27N3O3/c1-3-5-12-21(13-6-4-2)19(25)20-11-14-22-17(23)15-9-7-8-10-16(15)18(22)24/h7-10H,3-6,11-14H2,1-2H3,(H,20,25). The van der Waals surface area contributed by atoms with E-state index in [0.717, 1.165) is 38.8 Å². The summed E-state index contributed by atoms with van der Waals surface area (Å²) in [6.07, 6.45) is 4.00. The summed E-state index contributed by atoms with van der Waals surface area (Å²) in [5.74, 6) is -0.577. The molecule has 136 valence electrons. The molecule has 0 aliphatic carbocycles. The first kappa shape index (κ1) is 19.0. The lowest BCUT2D eigenvalue weighted by Gasteiger charge is -2.23. The van der Waals surface area contributed by atoms with E-state index in [1.54, 1.807) is 24.3 Å². The van der Waals surface area contributed by atoms with Crippen LogP contribution < -0.4 is 5.32 Å². The zero-order valence-electron chi connectivity index (χ0n) is 15.1. The summed E-state index contributed by atoms with van der Waals surface area (Å²) >= 11 is 0. The predicted molar refractivity (Wildman–Crippen MR) is 96.6 cm³/mol. The van der Waals surface area contributed by atoms with Gasteiger partial charge in [0, 0.05) is 26.2 Å². The molecule has 1 aliphatic heterocycles. The van der Waals surface area contributed by atoms with Gasteiger partial charge in [0.15, 0.2) is 0 Å². The van der Waals surface area contributed by atoms with Gasteiger partial charge in [0.1, 0.15) is 0 Å². The van der Waals surface area contributed by atoms with Crippen LogP contribution in [0.15, 0.2) is 24.3 Å². The molecule has 0 saturated carbocycles. The van der Waals surface area contributed by atoms with Gasteiger partial charge in [-0.2, -0.15) is 0 Å². The van der Waals surface area contributed by atoms with Gasteiger partial charge < -0.3 is 10.2 Å². The Kier molecular flexibility index (Phi) is 6.98. The molecule has 0 spiro atoms. The highest BCUT2D eigenvalue weighted by atomic mass is 16.2. The van der Waals surface area contributed by atoms with Gasteiger partial charge >= 0.3 is 6.03 Å². The number of fused-ring (bicyclic) bond motifs is 1. The Balaban J connectivity index is 1.86. The number of hydrogen-bond acceptors (Lipinski definition) is 3. The molecule has 0 saturated heterocycles. The third kappa shape index (κ3) is 4.59. The average molecular weight is 345 g/mol. The Morgan fingerprint density at radius 2 is 1.52 bits per heavy atom. The first-order valence-corrected chi connectivity index (χ1v) is 9.08. The zero-order valence-corrected chi connectivity index (χ0v) is 15.1. The maximum absolute atomic E-state index is 12.3. The third-order valence-electron chi connectivity index (χ3n) is 4.34. The van der Waals surface area contributed by atoms with Crippen molar-refractivity contribution in [1.82, 2.24) is 15.1 Å². The molecule has 0 radical (unpaired) electrons. The van der Waals surface area contributed by atoms with Crippen LogP contribution in [0.1, 0.15) is 60.2 Å². The van der Waals surface area contributed by atoms with Gasteiger partial charge in [0.2, 0.25) is 0 Å². The summed E-state index contributed by atoms with van der Waals surface area (Å²) < 4.78 is 0. The normalized spacial score (nSPS) is 13.1. The van der Waals surface area contributed by atoms with Gasteiger partial charge in [0.05, 0.1) is 11.1 Å². The minimum Gasteiger partial charge on any atom is -0.336 e. The number of nitrogens with one attached hydrogen (secondary N) is 1. The SMILES string of the molecule is CCCCN(CCCC)C(=O)NCCN1C(=O)c2ccccc2C1=O. The van der Waals surface area contributed by atoms with Crippen molar-refractivity contribution in [2.75, 3.05) is 26.2 Å². The quantitative estimate of drug-likeness (QED) is 0.700. The number of nitrogens with zero attached hydrogens (tertiary/aromatic N) is 2. The van der Waals surface area contributed by atoms with Crippen molar-refractivity contribution < 1.29 is 14.4 Å². The lowest BCUT2D eigenvalue weighted by Crippen LogP contribution is -2.44. The monoisotopic (exact) mass is 345 g/mol. The number of hydrogen-bond donors (Lipinski definition) is 1. The number of benzene rings is 1. The van der Waals surface area contributed by atoms with Gasteiger partial charge in [0.25, 0.3) is 11.8 Å². The van der Waals surface area contributed by atoms with Gasteiger partial charge in [-0.1, -0.05) is 38.8 Å². The number of carbonyl (C=O) groups is 3. The lowest BCUT2D eigenvalue weighted by molar-refractivity contribution is 0.0655. The van der Waals surface area contributed by atoms with Crippen molar-refractivity contribution in [2.45, 2.75) is 39.5 Å². The molecule has 6 nitrogen and oxygen atoms in total. The van der Waals surface area contributed by atoms with Crippen LogP contribution >= 0.6 is 0 Å². The molecule has 6 heteroatoms. The Labute approximate surface area is 149 Å². The fraction of sp³-hybridized carbons (Fsp3) is 0.526. The van der Waals surface area contributed by atoms with Gasteiger partial charge in [-0.25, -0.2) is 4.79 Å². The van der Waals surface area contributed by atoms with Crippen LogP contribution in [-0.2, 0) is 0 Å². The maximum Gasteiger partial charge on any atom is 0.317 e. The molecule has 25 heavy (non-hydrogen) atoms. The summed E-state index contributed by atoms with van der Waals surface area (Å²) in [6, 6.07) is 6.68. The second-order valence-electron chi connectivity index (χ2n) is 6.23. The summed E-state index contributed by atoms with van der Waals surface area (Å²) in [6.45, 7) is 6.10. The highest BCUT2D eigenvalue weighted by molar-refractivity contribution is 6.21. The molecule has 0 fully saturated rings. The van der Waals surface area contributed by atoms with Crippen molar-refractivity contribution in [3.63, 3.8) is 0 Å². The van der Waals surface area contributed by atoms with E-state index in [0.29, 0.717) is 11.1 Å². The fourth-order valence-corrected chi connectivity index (χ4v) is 2.84. The molecule has 0 bridgehead atoms. The molecule has 1 aromatic rings. The molecular weight excluding hydrogens is 318 g/mol. The van der Waals surface area contributed by atoms with Crippen LogP contribution in [0.2, 0.25) is 0 Å². The van der Waals surface area contributed by atoms with Gasteiger partial charge in [-0.05, 0) is 25.0 Å². The van der Waals surface area contributed by atoms with Crippen LogP contribution in [0.3, 0.4) is 0 Å². The van der Waals surface area contributed by atoms with E-state index in [4.69, 9.17) is 0 Å². The minimum atomic E-state index is -0.288. The number of rotatable bonds is 9. The molecule has 1 aromatic carbocycles. The van der Waals surface area contributed by atoms with E-state index in [-0.39, 0.29) is 30.9 Å². The van der Waals surface area contributed by atoms with Crippen LogP contribution in [0.5, 0.6) is 0 Å². The van der Waals surface area contributed by atoms with E-state index in [1.807, 2.05) is 4.90 Å². The van der Waals surface area contributed by atoms with Crippen LogP contribution in [0.4, 0.5) is 4.79 Å². The summed E-state index contributed by atoms with van der Waals surface area (Å²) in [5.41, 5.74) is 0.873. The van der Waals surface area contributed by atoms with Crippen LogP contribution in [0.25, 0.3) is 0 Å². The number of imide groups is 1. The Bertz CT molecular complexity index is 587. The maximum atomic E-state index is 12.3. The summed E-state index contributed by atoms with van der Waals surface area (Å²) in [4.78, 5) is 39.9. The second kappa shape index (κ2) is 9.20. The zero-order chi connectivity index (χ0) is 18.2. The Morgan fingerprint density at radius 1 is 1.00 bits per heavy atom. The molecule has 1 heterocycles. The summed E-state index contributed by atoms with van der Waals surface area (Å²) in [5, 5.41) is 2.84. The molecule has 1 aliphatic rings. The first-order valence-electron chi connectivity index (χ1n) is 9.08. The number of carbonyl (C=O) groups excluding carboxylic acids is 3. The van der Waals surface area contributed by atoms with E-state index >= 15 is 0 Å². The highest BCUT2D eigenvalue weighted by Gasteiger charge is 2.34. The lowest BCUT2D eigenvalue weighted by atomic mass is 10.1. The van der Waals surface area contributed by atoms with Crippen molar-refractivity contribution in [3.05, 3.63) is 35.4 Å². The molecule has 0 aromatic heterocycles. The predicted octanol–water partition coefficient (Wildman–Crippen LogP) is 2.89. The van der Waals surface area contributed by atoms with Crippen LogP contribution in [-0.4, -0.2) is 53.8 Å². The number of amides is 4. The molecule has 2 rings (SSSR count). The molecule has 1 N–H and O–H groups in total. The molecule has 0 unspecified atom stereocenters. The van der Waals surface area contributed by atoms with Gasteiger partial charge in [-0.15, -0.1) is 0 Å². The Morgan fingerprint density at radius 3 is 2.00 bits per heavy atom. The fourth-order valence-electron chi connectivity index (χ4n) is 2.84. The minimum absolute atomic E-state index is 0.126. The molecule has 4 amide bonds. The van der Waals surface area contributed by atoms with Crippen molar-refractivity contribution in [2.24, 2.45) is 0 Å². The largest absolute Gasteiger partial charge is 0.336 e. The molecule has 0 atom stereocenters. The van der Waals surface area contributed by atoms with E-state index in [9.17, 15) is 14.4 Å². The Hall–Kier alpha value is -2.37. The van der Waals surface area contributed by atoms with Gasteiger partial charge in [-0.3, -0.25) is 14.5 Å². The number of urea groups is 1. The van der Waals surface area contributed by atoms with Crippen LogP contribution in [0, 0.1) is 0 Å².